The number of nitrogens with zero attached hydrogens (tertiary/aromatic N) is 1. The average Bonchev–Trinajstić information content (AvgIpc) is 2.30. The van der Waals surface area contributed by atoms with E-state index in [1.54, 1.807) is 17.0 Å². The molecular weight excluding hydrogens is 271 g/mol. The highest BCUT2D eigenvalue weighted by atomic mass is 35.5. The van der Waals surface area contributed by atoms with Gasteiger partial charge in [0.15, 0.2) is 0 Å². The third-order valence-corrected chi connectivity index (χ3v) is 3.88. The first-order chi connectivity index (χ1) is 8.45. The summed E-state index contributed by atoms with van der Waals surface area (Å²) in [6, 6.07) is 3.31. The molecule has 1 heterocycles. The van der Waals surface area contributed by atoms with Crippen molar-refractivity contribution in [3.8, 4) is 0 Å². The zero-order valence-electron chi connectivity index (χ0n) is 10.6. The first-order valence-corrected chi connectivity index (χ1v) is 6.78. The molecule has 1 aliphatic rings. The monoisotopic (exact) mass is 286 g/mol. The number of halogens is 2. The topological polar surface area (TPSA) is 32.3 Å². The van der Waals surface area contributed by atoms with Crippen LogP contribution in [0.2, 0.25) is 10.0 Å². The first-order valence-electron chi connectivity index (χ1n) is 6.02. The molecule has 1 aromatic rings. The van der Waals surface area contributed by atoms with Crippen molar-refractivity contribution in [2.45, 2.75) is 26.8 Å². The van der Waals surface area contributed by atoms with Gasteiger partial charge in [0, 0.05) is 6.54 Å². The third kappa shape index (κ3) is 2.17. The van der Waals surface area contributed by atoms with Crippen LogP contribution in [0.15, 0.2) is 12.1 Å². The molecule has 0 aromatic heterocycles. The Morgan fingerprint density at radius 2 is 1.94 bits per heavy atom. The van der Waals surface area contributed by atoms with Crippen LogP contribution >= 0.6 is 23.2 Å². The summed E-state index contributed by atoms with van der Waals surface area (Å²) in [6.07, 6.45) is 0. The van der Waals surface area contributed by atoms with Crippen LogP contribution in [-0.4, -0.2) is 18.5 Å². The molecule has 98 valence electrons. The van der Waals surface area contributed by atoms with Crippen LogP contribution in [0, 0.1) is 5.92 Å². The Morgan fingerprint density at radius 3 is 2.50 bits per heavy atom. The van der Waals surface area contributed by atoms with E-state index in [4.69, 9.17) is 23.2 Å². The normalized spacial score (nSPS) is 18.9. The molecule has 1 amide bonds. The summed E-state index contributed by atoms with van der Waals surface area (Å²) in [5, 5.41) is 4.20. The number of carbonyl (C=O) groups excluding carboxylic acids is 1. The molecule has 0 spiro atoms. The lowest BCUT2D eigenvalue weighted by atomic mass is 9.99. The number of nitrogens with one attached hydrogen (secondary N) is 1. The van der Waals surface area contributed by atoms with E-state index in [-0.39, 0.29) is 17.9 Å². The minimum Gasteiger partial charge on any atom is -0.372 e. The summed E-state index contributed by atoms with van der Waals surface area (Å²) in [5.41, 5.74) is 1.67. The highest BCUT2D eigenvalue weighted by Gasteiger charge is 2.33. The Kier molecular flexibility index (Phi) is 3.74. The van der Waals surface area contributed by atoms with Gasteiger partial charge < -0.3 is 10.2 Å². The molecule has 1 unspecified atom stereocenters. The first kappa shape index (κ1) is 13.5. The number of fused-ring (bicyclic) bond motifs is 1. The molecule has 1 atom stereocenters. The molecule has 2 rings (SSSR count). The summed E-state index contributed by atoms with van der Waals surface area (Å²) >= 11 is 12.0. The molecule has 3 nitrogen and oxygen atoms in total. The number of hydrogen-bond donors (Lipinski definition) is 1. The second kappa shape index (κ2) is 4.98. The maximum Gasteiger partial charge on any atom is 0.249 e. The van der Waals surface area contributed by atoms with Gasteiger partial charge in [-0.2, -0.15) is 0 Å². The van der Waals surface area contributed by atoms with Crippen LogP contribution < -0.4 is 10.2 Å². The second-order valence-corrected chi connectivity index (χ2v) is 5.55. The summed E-state index contributed by atoms with van der Waals surface area (Å²) < 4.78 is 0. The maximum atomic E-state index is 12.3. The molecule has 0 radical (unpaired) electrons. The Balaban J connectivity index is 2.52. The Labute approximate surface area is 117 Å². The van der Waals surface area contributed by atoms with E-state index in [0.717, 1.165) is 11.4 Å². The average molecular weight is 287 g/mol. The zero-order chi connectivity index (χ0) is 13.4. The van der Waals surface area contributed by atoms with Crippen molar-refractivity contribution in [3.63, 3.8) is 0 Å². The van der Waals surface area contributed by atoms with Crippen molar-refractivity contribution in [3.05, 3.63) is 22.2 Å². The van der Waals surface area contributed by atoms with Crippen molar-refractivity contribution >= 4 is 40.5 Å². The van der Waals surface area contributed by atoms with Crippen LogP contribution in [0.25, 0.3) is 0 Å². The van der Waals surface area contributed by atoms with Gasteiger partial charge >= 0.3 is 0 Å². The van der Waals surface area contributed by atoms with Crippen molar-refractivity contribution in [1.29, 1.82) is 0 Å². The Hall–Kier alpha value is -0.930. The van der Waals surface area contributed by atoms with Gasteiger partial charge in [-0.3, -0.25) is 4.79 Å². The number of likely N-dealkylation sites (N-methyl/N-ethyl adjacent to an activating group) is 1. The molecule has 1 aliphatic heterocycles. The minimum absolute atomic E-state index is 0.0818. The summed E-state index contributed by atoms with van der Waals surface area (Å²) in [5.74, 6) is 0.299. The molecular formula is C13H16Cl2N2O. The van der Waals surface area contributed by atoms with E-state index in [0.29, 0.717) is 16.6 Å². The molecule has 0 bridgehead atoms. The van der Waals surface area contributed by atoms with E-state index in [9.17, 15) is 4.79 Å². The Bertz CT molecular complexity index is 488. The molecule has 0 saturated heterocycles. The van der Waals surface area contributed by atoms with Gasteiger partial charge in [-0.05, 0) is 25.0 Å². The van der Waals surface area contributed by atoms with Gasteiger partial charge in [0.2, 0.25) is 5.91 Å². The quantitative estimate of drug-likeness (QED) is 0.897. The fourth-order valence-electron chi connectivity index (χ4n) is 2.17. The summed E-state index contributed by atoms with van der Waals surface area (Å²) in [4.78, 5) is 14.1. The molecule has 1 N–H and O–H groups in total. The molecule has 0 aliphatic carbocycles. The van der Waals surface area contributed by atoms with Gasteiger partial charge in [-0.1, -0.05) is 37.0 Å². The fraction of sp³-hybridized carbons (Fsp3) is 0.462. The largest absolute Gasteiger partial charge is 0.372 e. The highest BCUT2D eigenvalue weighted by Crippen LogP contribution is 2.38. The molecule has 5 heteroatoms. The predicted molar refractivity (Wildman–Crippen MR) is 76.7 cm³/mol. The van der Waals surface area contributed by atoms with Gasteiger partial charge in [0.25, 0.3) is 0 Å². The molecule has 0 fully saturated rings. The summed E-state index contributed by atoms with van der Waals surface area (Å²) in [7, 11) is 0. The standard InChI is InChI=1S/C13H16Cl2N2O/c1-4-17-11-6-9(15)8(14)5-10(11)16-12(7(2)3)13(17)18/h5-7,12,16H,4H2,1-3H3. The smallest absolute Gasteiger partial charge is 0.249 e. The lowest BCUT2D eigenvalue weighted by Gasteiger charge is -2.36. The van der Waals surface area contributed by atoms with Crippen LogP contribution in [0.4, 0.5) is 11.4 Å². The van der Waals surface area contributed by atoms with Gasteiger partial charge in [0.1, 0.15) is 6.04 Å². The van der Waals surface area contributed by atoms with Gasteiger partial charge in [-0.25, -0.2) is 0 Å². The number of carbonyl (C=O) groups is 1. The minimum atomic E-state index is -0.213. The van der Waals surface area contributed by atoms with Crippen LogP contribution in [0.3, 0.4) is 0 Å². The van der Waals surface area contributed by atoms with Gasteiger partial charge in [0.05, 0.1) is 21.4 Å². The maximum absolute atomic E-state index is 12.3. The van der Waals surface area contributed by atoms with Crippen molar-refractivity contribution in [2.24, 2.45) is 5.92 Å². The fourth-order valence-corrected chi connectivity index (χ4v) is 2.49. The molecule has 0 saturated carbocycles. The van der Waals surface area contributed by atoms with Crippen LogP contribution in [0.1, 0.15) is 20.8 Å². The van der Waals surface area contributed by atoms with E-state index < -0.39 is 0 Å². The molecule has 18 heavy (non-hydrogen) atoms. The highest BCUT2D eigenvalue weighted by molar-refractivity contribution is 6.42. The number of rotatable bonds is 2. The van der Waals surface area contributed by atoms with Crippen LogP contribution in [-0.2, 0) is 4.79 Å². The van der Waals surface area contributed by atoms with E-state index >= 15 is 0 Å². The van der Waals surface area contributed by atoms with Crippen molar-refractivity contribution in [1.82, 2.24) is 0 Å². The van der Waals surface area contributed by atoms with Crippen LogP contribution in [0.5, 0.6) is 0 Å². The lowest BCUT2D eigenvalue weighted by Crippen LogP contribution is -2.49. The predicted octanol–water partition coefficient (Wildman–Crippen LogP) is 3.80. The second-order valence-electron chi connectivity index (χ2n) is 4.73. The lowest BCUT2D eigenvalue weighted by molar-refractivity contribution is -0.120. The Morgan fingerprint density at radius 1 is 1.33 bits per heavy atom. The van der Waals surface area contributed by atoms with E-state index in [2.05, 4.69) is 5.32 Å². The zero-order valence-corrected chi connectivity index (χ0v) is 12.1. The number of benzene rings is 1. The third-order valence-electron chi connectivity index (χ3n) is 3.16. The number of hydrogen-bond acceptors (Lipinski definition) is 2. The molecule has 1 aromatic carbocycles. The van der Waals surface area contributed by atoms with E-state index in [1.807, 2.05) is 20.8 Å². The number of anilines is 2. The summed E-state index contributed by atoms with van der Waals surface area (Å²) in [6.45, 7) is 6.61. The van der Waals surface area contributed by atoms with Crippen molar-refractivity contribution < 1.29 is 4.79 Å². The van der Waals surface area contributed by atoms with Crippen molar-refractivity contribution in [2.75, 3.05) is 16.8 Å². The number of amides is 1. The van der Waals surface area contributed by atoms with Gasteiger partial charge in [-0.15, -0.1) is 0 Å². The SMILES string of the molecule is CCN1C(=O)C(C(C)C)Nc2cc(Cl)c(Cl)cc21. The van der Waals surface area contributed by atoms with E-state index in [1.165, 1.54) is 0 Å².